The summed E-state index contributed by atoms with van der Waals surface area (Å²) in [5.74, 6) is -1.46. The number of aliphatic hydroxyl groups is 1. The fraction of sp³-hybridized carbons (Fsp3) is 0.300. The Bertz CT molecular complexity index is 354. The Labute approximate surface area is 92.7 Å². The highest BCUT2D eigenvalue weighted by Crippen LogP contribution is 1.94. The number of rotatable bonds is 4. The van der Waals surface area contributed by atoms with Crippen molar-refractivity contribution in [2.24, 2.45) is 0 Å². The van der Waals surface area contributed by atoms with Crippen LogP contribution in [-0.4, -0.2) is 35.1 Å². The molecule has 0 aliphatic carbocycles. The number of aliphatic hydroxyl groups excluding tert-OH is 1. The molecule has 0 aliphatic heterocycles. The van der Waals surface area contributed by atoms with E-state index >= 15 is 0 Å². The fourth-order valence-electron chi connectivity index (χ4n) is 1.01. The van der Waals surface area contributed by atoms with E-state index in [0.29, 0.717) is 0 Å². The zero-order valence-electron chi connectivity index (χ0n) is 8.64. The number of nitrogens with zero attached hydrogens (tertiary/aromatic N) is 1. The first-order chi connectivity index (χ1) is 7.74. The van der Waals surface area contributed by atoms with E-state index in [1.54, 1.807) is 24.5 Å². The van der Waals surface area contributed by atoms with Crippen molar-refractivity contribution in [3.8, 4) is 0 Å². The Balaban J connectivity index is 2.32. The molecule has 0 aliphatic rings. The molecule has 6 heteroatoms. The van der Waals surface area contributed by atoms with Gasteiger partial charge in [0.15, 0.2) is 0 Å². The van der Waals surface area contributed by atoms with Crippen LogP contribution in [0.15, 0.2) is 24.5 Å². The van der Waals surface area contributed by atoms with Gasteiger partial charge < -0.3 is 15.7 Å². The highest BCUT2D eigenvalue weighted by atomic mass is 16.3. The minimum absolute atomic E-state index is 0.0709. The lowest BCUT2D eigenvalue weighted by atomic mass is 10.3. The first kappa shape index (κ1) is 12.1. The summed E-state index contributed by atoms with van der Waals surface area (Å²) in [7, 11) is 0. The lowest BCUT2D eigenvalue weighted by molar-refractivity contribution is -0.139. The molecule has 0 radical (unpaired) electrons. The molecule has 0 unspecified atom stereocenters. The Hall–Kier alpha value is -1.95. The van der Waals surface area contributed by atoms with Crippen LogP contribution in [0.5, 0.6) is 0 Å². The molecule has 0 aromatic carbocycles. The molecule has 0 saturated heterocycles. The fourth-order valence-corrected chi connectivity index (χ4v) is 1.01. The summed E-state index contributed by atoms with van der Waals surface area (Å²) in [5, 5.41) is 13.2. The van der Waals surface area contributed by atoms with Gasteiger partial charge in [0, 0.05) is 25.5 Å². The average Bonchev–Trinajstić information content (AvgIpc) is 2.34. The molecule has 1 heterocycles. The van der Waals surface area contributed by atoms with Crippen LogP contribution in [0.25, 0.3) is 0 Å². The summed E-state index contributed by atoms with van der Waals surface area (Å²) in [4.78, 5) is 26.1. The van der Waals surface area contributed by atoms with Crippen LogP contribution in [0.1, 0.15) is 5.56 Å². The SMILES string of the molecule is O=C(NCCO)C(=O)NCc1ccncc1. The van der Waals surface area contributed by atoms with Gasteiger partial charge >= 0.3 is 11.8 Å². The van der Waals surface area contributed by atoms with E-state index in [9.17, 15) is 9.59 Å². The first-order valence-electron chi connectivity index (χ1n) is 4.80. The summed E-state index contributed by atoms with van der Waals surface area (Å²) in [6, 6.07) is 3.48. The van der Waals surface area contributed by atoms with Gasteiger partial charge in [-0.1, -0.05) is 0 Å². The van der Waals surface area contributed by atoms with E-state index in [2.05, 4.69) is 15.6 Å². The Morgan fingerprint density at radius 1 is 1.19 bits per heavy atom. The predicted octanol–water partition coefficient (Wildman–Crippen LogP) is -1.19. The molecule has 0 spiro atoms. The van der Waals surface area contributed by atoms with Crippen molar-refractivity contribution in [3.05, 3.63) is 30.1 Å². The lowest BCUT2D eigenvalue weighted by Crippen LogP contribution is -2.40. The van der Waals surface area contributed by atoms with Crippen molar-refractivity contribution in [1.29, 1.82) is 0 Å². The van der Waals surface area contributed by atoms with Crippen molar-refractivity contribution in [3.63, 3.8) is 0 Å². The number of hydrogen-bond donors (Lipinski definition) is 3. The third kappa shape index (κ3) is 4.05. The van der Waals surface area contributed by atoms with E-state index in [4.69, 9.17) is 5.11 Å². The molecule has 0 fully saturated rings. The third-order valence-corrected chi connectivity index (χ3v) is 1.81. The predicted molar refractivity (Wildman–Crippen MR) is 56.2 cm³/mol. The molecular formula is C10H13N3O3. The number of nitrogens with one attached hydrogen (secondary N) is 2. The second-order valence-electron chi connectivity index (χ2n) is 3.02. The molecule has 0 atom stereocenters. The molecule has 0 saturated carbocycles. The van der Waals surface area contributed by atoms with Gasteiger partial charge in [-0.3, -0.25) is 14.6 Å². The van der Waals surface area contributed by atoms with E-state index < -0.39 is 11.8 Å². The van der Waals surface area contributed by atoms with Gasteiger partial charge in [0.1, 0.15) is 0 Å². The van der Waals surface area contributed by atoms with Crippen LogP contribution < -0.4 is 10.6 Å². The highest BCUT2D eigenvalue weighted by Gasteiger charge is 2.11. The standard InChI is InChI=1S/C10H13N3O3/c14-6-5-12-9(15)10(16)13-7-8-1-3-11-4-2-8/h1-4,14H,5-7H2,(H,12,15)(H,13,16). The quantitative estimate of drug-likeness (QED) is 0.559. The van der Waals surface area contributed by atoms with Crippen LogP contribution >= 0.6 is 0 Å². The van der Waals surface area contributed by atoms with Gasteiger partial charge in [-0.25, -0.2) is 0 Å². The minimum atomic E-state index is -0.747. The van der Waals surface area contributed by atoms with Crippen LogP contribution in [-0.2, 0) is 16.1 Å². The summed E-state index contributed by atoms with van der Waals surface area (Å²) in [6.07, 6.45) is 3.21. The molecule has 2 amide bonds. The smallest absolute Gasteiger partial charge is 0.309 e. The molecule has 1 rings (SSSR count). The number of hydrogen-bond acceptors (Lipinski definition) is 4. The van der Waals surface area contributed by atoms with Crippen molar-refractivity contribution < 1.29 is 14.7 Å². The maximum atomic E-state index is 11.2. The second-order valence-corrected chi connectivity index (χ2v) is 3.02. The van der Waals surface area contributed by atoms with E-state index in [-0.39, 0.29) is 19.7 Å². The minimum Gasteiger partial charge on any atom is -0.395 e. The van der Waals surface area contributed by atoms with Crippen LogP contribution in [0.4, 0.5) is 0 Å². The number of amides is 2. The molecule has 6 nitrogen and oxygen atoms in total. The van der Waals surface area contributed by atoms with E-state index in [1.165, 1.54) is 0 Å². The molecule has 86 valence electrons. The summed E-state index contributed by atoms with van der Waals surface area (Å²) in [6.45, 7) is 0.152. The van der Waals surface area contributed by atoms with Crippen LogP contribution in [0.3, 0.4) is 0 Å². The van der Waals surface area contributed by atoms with Gasteiger partial charge in [0.2, 0.25) is 0 Å². The van der Waals surface area contributed by atoms with E-state index in [1.807, 2.05) is 0 Å². The number of pyridine rings is 1. The largest absolute Gasteiger partial charge is 0.395 e. The third-order valence-electron chi connectivity index (χ3n) is 1.81. The van der Waals surface area contributed by atoms with Gasteiger partial charge in [-0.15, -0.1) is 0 Å². The summed E-state index contributed by atoms with van der Waals surface area (Å²) in [5.41, 5.74) is 0.860. The first-order valence-corrected chi connectivity index (χ1v) is 4.80. The molecule has 3 N–H and O–H groups in total. The van der Waals surface area contributed by atoms with Gasteiger partial charge in [0.05, 0.1) is 6.61 Å². The van der Waals surface area contributed by atoms with Gasteiger partial charge in [-0.2, -0.15) is 0 Å². The number of carbonyl (C=O) groups is 2. The number of carbonyl (C=O) groups excluding carboxylic acids is 2. The van der Waals surface area contributed by atoms with Crippen molar-refractivity contribution >= 4 is 11.8 Å². The topological polar surface area (TPSA) is 91.3 Å². The summed E-state index contributed by atoms with van der Waals surface area (Å²) >= 11 is 0. The van der Waals surface area contributed by atoms with Crippen LogP contribution in [0, 0.1) is 0 Å². The van der Waals surface area contributed by atoms with Crippen molar-refractivity contribution in [2.45, 2.75) is 6.54 Å². The normalized spacial score (nSPS) is 9.56. The monoisotopic (exact) mass is 223 g/mol. The van der Waals surface area contributed by atoms with Crippen molar-refractivity contribution in [1.82, 2.24) is 15.6 Å². The van der Waals surface area contributed by atoms with Crippen molar-refractivity contribution in [2.75, 3.05) is 13.2 Å². The number of aromatic nitrogens is 1. The lowest BCUT2D eigenvalue weighted by Gasteiger charge is -2.05. The Morgan fingerprint density at radius 2 is 1.81 bits per heavy atom. The maximum absolute atomic E-state index is 11.2. The molecule has 1 aromatic heterocycles. The van der Waals surface area contributed by atoms with Gasteiger partial charge in [0.25, 0.3) is 0 Å². The Kier molecular flexibility index (Phi) is 4.94. The zero-order valence-corrected chi connectivity index (χ0v) is 8.64. The van der Waals surface area contributed by atoms with Crippen LogP contribution in [0.2, 0.25) is 0 Å². The molecule has 0 bridgehead atoms. The molecule has 16 heavy (non-hydrogen) atoms. The zero-order chi connectivity index (χ0) is 11.8. The second kappa shape index (κ2) is 6.52. The highest BCUT2D eigenvalue weighted by molar-refractivity contribution is 6.35. The molecular weight excluding hydrogens is 210 g/mol. The van der Waals surface area contributed by atoms with Gasteiger partial charge in [-0.05, 0) is 17.7 Å². The molecule has 1 aromatic rings. The Morgan fingerprint density at radius 3 is 2.44 bits per heavy atom. The maximum Gasteiger partial charge on any atom is 0.309 e. The summed E-state index contributed by atoms with van der Waals surface area (Å²) < 4.78 is 0. The van der Waals surface area contributed by atoms with E-state index in [0.717, 1.165) is 5.56 Å². The average molecular weight is 223 g/mol.